The summed E-state index contributed by atoms with van der Waals surface area (Å²) in [6.45, 7) is 5.54. The number of nitrogens with one attached hydrogen (secondary N) is 1. The molecule has 0 aliphatic carbocycles. The number of nitrogens with two attached hydrogens (primary N) is 1. The van der Waals surface area contributed by atoms with Crippen molar-refractivity contribution in [3.05, 3.63) is 24.0 Å². The molecule has 0 bridgehead atoms. The Kier molecular flexibility index (Phi) is 6.57. The molecule has 3 N–H and O–H groups in total. The first-order valence-corrected chi connectivity index (χ1v) is 8.58. The lowest BCUT2D eigenvalue weighted by Gasteiger charge is -2.18. The van der Waals surface area contributed by atoms with Gasteiger partial charge in [0.05, 0.1) is 5.75 Å². The lowest BCUT2D eigenvalue weighted by Crippen LogP contribution is -2.31. The van der Waals surface area contributed by atoms with Gasteiger partial charge in [0, 0.05) is 31.5 Å². The van der Waals surface area contributed by atoms with Crippen molar-refractivity contribution in [2.24, 2.45) is 5.14 Å². The van der Waals surface area contributed by atoms with Crippen LogP contribution in [0.5, 0.6) is 0 Å². The first-order chi connectivity index (χ1) is 9.87. The van der Waals surface area contributed by atoms with E-state index in [9.17, 15) is 13.2 Å². The van der Waals surface area contributed by atoms with Crippen LogP contribution in [-0.2, 0) is 10.0 Å². The van der Waals surface area contributed by atoms with Crippen LogP contribution >= 0.6 is 0 Å². The van der Waals surface area contributed by atoms with Crippen molar-refractivity contribution >= 4 is 21.6 Å². The summed E-state index contributed by atoms with van der Waals surface area (Å²) in [6.07, 6.45) is 1.96. The number of pyridine rings is 1. The van der Waals surface area contributed by atoms with E-state index < -0.39 is 10.0 Å². The van der Waals surface area contributed by atoms with Gasteiger partial charge in [0.2, 0.25) is 10.0 Å². The molecule has 1 rings (SSSR count). The summed E-state index contributed by atoms with van der Waals surface area (Å²) >= 11 is 0. The molecule has 1 aromatic rings. The zero-order chi connectivity index (χ0) is 15.9. The summed E-state index contributed by atoms with van der Waals surface area (Å²) in [4.78, 5) is 17.9. The number of hydrogen-bond donors (Lipinski definition) is 2. The number of hydrogen-bond acceptors (Lipinski definition) is 5. The second-order valence-corrected chi connectivity index (χ2v) is 6.29. The summed E-state index contributed by atoms with van der Waals surface area (Å²) in [5.74, 6) is -0.191. The molecule has 0 saturated heterocycles. The van der Waals surface area contributed by atoms with Crippen LogP contribution in [-0.4, -0.2) is 49.6 Å². The van der Waals surface area contributed by atoms with Crippen molar-refractivity contribution in [3.63, 3.8) is 0 Å². The molecule has 0 radical (unpaired) electrons. The van der Waals surface area contributed by atoms with Gasteiger partial charge in [0.15, 0.2) is 0 Å². The zero-order valence-corrected chi connectivity index (χ0v) is 13.2. The van der Waals surface area contributed by atoms with Crippen molar-refractivity contribution < 1.29 is 13.2 Å². The van der Waals surface area contributed by atoms with E-state index in [0.717, 1.165) is 5.69 Å². The van der Waals surface area contributed by atoms with Gasteiger partial charge >= 0.3 is 0 Å². The Morgan fingerprint density at radius 1 is 1.38 bits per heavy atom. The van der Waals surface area contributed by atoms with Crippen LogP contribution < -0.4 is 10.5 Å². The molecule has 0 aliphatic heterocycles. The van der Waals surface area contributed by atoms with Crippen molar-refractivity contribution in [1.82, 2.24) is 9.88 Å². The van der Waals surface area contributed by atoms with Gasteiger partial charge in [-0.3, -0.25) is 9.78 Å². The molecule has 8 heteroatoms. The first-order valence-electron chi connectivity index (χ1n) is 6.87. The molecule has 0 saturated carbocycles. The number of carbonyl (C=O) groups is 1. The minimum Gasteiger partial charge on any atom is -0.385 e. The number of rotatable bonds is 8. The minimum absolute atomic E-state index is 0.0731. The van der Waals surface area contributed by atoms with Gasteiger partial charge < -0.3 is 10.2 Å². The Labute approximate surface area is 125 Å². The van der Waals surface area contributed by atoms with Gasteiger partial charge in [0.1, 0.15) is 5.69 Å². The fourth-order valence-corrected chi connectivity index (χ4v) is 2.38. The van der Waals surface area contributed by atoms with Gasteiger partial charge in [-0.2, -0.15) is 0 Å². The van der Waals surface area contributed by atoms with Crippen LogP contribution in [0.1, 0.15) is 30.8 Å². The van der Waals surface area contributed by atoms with Crippen molar-refractivity contribution in [3.8, 4) is 0 Å². The van der Waals surface area contributed by atoms with E-state index in [-0.39, 0.29) is 11.7 Å². The second-order valence-electron chi connectivity index (χ2n) is 4.55. The van der Waals surface area contributed by atoms with Crippen molar-refractivity contribution in [1.29, 1.82) is 0 Å². The van der Waals surface area contributed by atoms with Gasteiger partial charge in [0.25, 0.3) is 5.91 Å². The standard InChI is InChI=1S/C13H22N4O3S/c1-3-17(4-2)13(18)12-10-11(6-8-16-12)15-7-5-9-21(14,19)20/h6,8,10H,3-5,7,9H2,1-2H3,(H,15,16)(H2,14,19,20). The monoisotopic (exact) mass is 314 g/mol. The zero-order valence-electron chi connectivity index (χ0n) is 12.4. The molecular weight excluding hydrogens is 292 g/mol. The number of carbonyl (C=O) groups excluding carboxylic acids is 1. The fourth-order valence-electron chi connectivity index (χ4n) is 1.84. The summed E-state index contributed by atoms with van der Waals surface area (Å²) in [5, 5.41) is 7.98. The smallest absolute Gasteiger partial charge is 0.272 e. The van der Waals surface area contributed by atoms with Gasteiger partial charge in [-0.1, -0.05) is 0 Å². The third kappa shape index (κ3) is 6.09. The highest BCUT2D eigenvalue weighted by Gasteiger charge is 2.14. The highest BCUT2D eigenvalue weighted by molar-refractivity contribution is 7.89. The predicted octanol–water partition coefficient (Wildman–Crippen LogP) is 0.654. The van der Waals surface area contributed by atoms with Crippen LogP contribution in [0.4, 0.5) is 5.69 Å². The molecule has 0 fully saturated rings. The molecule has 0 atom stereocenters. The third-order valence-corrected chi connectivity index (χ3v) is 3.82. The number of aromatic nitrogens is 1. The largest absolute Gasteiger partial charge is 0.385 e. The van der Waals surface area contributed by atoms with Gasteiger partial charge in [-0.05, 0) is 32.4 Å². The summed E-state index contributed by atoms with van der Waals surface area (Å²) < 4.78 is 21.6. The Hall–Kier alpha value is -1.67. The average Bonchev–Trinajstić information content (AvgIpc) is 2.44. The normalized spacial score (nSPS) is 11.2. The molecular formula is C13H22N4O3S. The van der Waals surface area contributed by atoms with E-state index in [2.05, 4.69) is 10.3 Å². The average molecular weight is 314 g/mol. The number of anilines is 1. The van der Waals surface area contributed by atoms with Gasteiger partial charge in [-0.25, -0.2) is 13.6 Å². The molecule has 21 heavy (non-hydrogen) atoms. The van der Waals surface area contributed by atoms with Gasteiger partial charge in [-0.15, -0.1) is 0 Å². The van der Waals surface area contributed by atoms with E-state index in [0.29, 0.717) is 31.7 Å². The Morgan fingerprint density at radius 3 is 2.62 bits per heavy atom. The third-order valence-electron chi connectivity index (χ3n) is 2.96. The van der Waals surface area contributed by atoms with Crippen molar-refractivity contribution in [2.75, 3.05) is 30.7 Å². The number of primary sulfonamides is 1. The second kappa shape index (κ2) is 7.94. The maximum atomic E-state index is 12.2. The molecule has 0 aromatic carbocycles. The molecule has 7 nitrogen and oxygen atoms in total. The van der Waals surface area contributed by atoms with E-state index in [1.165, 1.54) is 0 Å². The number of nitrogens with zero attached hydrogens (tertiary/aromatic N) is 2. The Morgan fingerprint density at radius 2 is 2.05 bits per heavy atom. The lowest BCUT2D eigenvalue weighted by atomic mass is 10.2. The fraction of sp³-hybridized carbons (Fsp3) is 0.538. The maximum Gasteiger partial charge on any atom is 0.272 e. The molecule has 118 valence electrons. The topological polar surface area (TPSA) is 105 Å². The quantitative estimate of drug-likeness (QED) is 0.686. The van der Waals surface area contributed by atoms with E-state index in [1.54, 1.807) is 23.2 Å². The molecule has 1 amide bonds. The summed E-state index contributed by atoms with van der Waals surface area (Å²) in [5.41, 5.74) is 1.10. The Balaban J connectivity index is 2.62. The highest BCUT2D eigenvalue weighted by atomic mass is 32.2. The summed E-state index contributed by atoms with van der Waals surface area (Å²) in [6, 6.07) is 3.40. The highest BCUT2D eigenvalue weighted by Crippen LogP contribution is 2.10. The molecule has 1 aromatic heterocycles. The van der Waals surface area contributed by atoms with Crippen LogP contribution in [0.25, 0.3) is 0 Å². The summed E-state index contributed by atoms with van der Waals surface area (Å²) in [7, 11) is -3.43. The minimum atomic E-state index is -3.43. The molecule has 0 spiro atoms. The van der Waals surface area contributed by atoms with Crippen LogP contribution in [0.2, 0.25) is 0 Å². The number of amides is 1. The van der Waals surface area contributed by atoms with E-state index in [1.807, 2.05) is 13.8 Å². The van der Waals surface area contributed by atoms with E-state index in [4.69, 9.17) is 5.14 Å². The van der Waals surface area contributed by atoms with Crippen LogP contribution in [0, 0.1) is 0 Å². The molecule has 0 unspecified atom stereocenters. The van der Waals surface area contributed by atoms with Crippen LogP contribution in [0.15, 0.2) is 18.3 Å². The SMILES string of the molecule is CCN(CC)C(=O)c1cc(NCCCS(N)(=O)=O)ccn1. The predicted molar refractivity (Wildman–Crippen MR) is 82.6 cm³/mol. The van der Waals surface area contributed by atoms with E-state index >= 15 is 0 Å². The maximum absolute atomic E-state index is 12.2. The Bertz CT molecular complexity index is 571. The van der Waals surface area contributed by atoms with Crippen molar-refractivity contribution in [2.45, 2.75) is 20.3 Å². The molecule has 1 heterocycles. The molecule has 0 aliphatic rings. The first kappa shape index (κ1) is 17.4. The number of sulfonamides is 1. The lowest BCUT2D eigenvalue weighted by molar-refractivity contribution is 0.0767. The van der Waals surface area contributed by atoms with Crippen LogP contribution in [0.3, 0.4) is 0 Å².